The van der Waals surface area contributed by atoms with Crippen LogP contribution in [0.2, 0.25) is 5.02 Å². The van der Waals surface area contributed by atoms with Gasteiger partial charge < -0.3 is 5.73 Å². The SMILES string of the molecule is Cc1ccsc1C(Sc1ccc(Cl)cc1)C(C)N. The molecule has 0 radical (unpaired) electrons. The Kier molecular flexibility index (Phi) is 4.73. The lowest BCUT2D eigenvalue weighted by molar-refractivity contribution is 0.727. The van der Waals surface area contributed by atoms with Crippen LogP contribution in [0.5, 0.6) is 0 Å². The molecule has 0 bridgehead atoms. The Morgan fingerprint density at radius 2 is 1.89 bits per heavy atom. The smallest absolute Gasteiger partial charge is 0.0589 e. The Labute approximate surface area is 121 Å². The summed E-state index contributed by atoms with van der Waals surface area (Å²) in [7, 11) is 0. The zero-order valence-corrected chi connectivity index (χ0v) is 12.8. The predicted molar refractivity (Wildman–Crippen MR) is 82.8 cm³/mol. The molecule has 2 unspecified atom stereocenters. The summed E-state index contributed by atoms with van der Waals surface area (Å²) in [4.78, 5) is 2.57. The molecule has 1 aromatic carbocycles. The van der Waals surface area contributed by atoms with Gasteiger partial charge in [0.15, 0.2) is 0 Å². The maximum Gasteiger partial charge on any atom is 0.0589 e. The fourth-order valence-electron chi connectivity index (χ4n) is 1.74. The molecule has 0 fully saturated rings. The Balaban J connectivity index is 2.22. The first-order chi connectivity index (χ1) is 8.58. The first kappa shape index (κ1) is 13.9. The molecule has 1 aromatic heterocycles. The first-order valence-electron chi connectivity index (χ1n) is 5.79. The summed E-state index contributed by atoms with van der Waals surface area (Å²) in [6.07, 6.45) is 0. The van der Waals surface area contributed by atoms with Crippen molar-refractivity contribution in [2.45, 2.75) is 30.0 Å². The summed E-state index contributed by atoms with van der Waals surface area (Å²) in [5, 5.41) is 3.19. The summed E-state index contributed by atoms with van der Waals surface area (Å²) >= 11 is 9.49. The molecule has 0 spiro atoms. The monoisotopic (exact) mass is 297 g/mol. The van der Waals surface area contributed by atoms with E-state index in [0.29, 0.717) is 5.25 Å². The summed E-state index contributed by atoms with van der Waals surface area (Å²) in [6.45, 7) is 4.20. The van der Waals surface area contributed by atoms with E-state index in [1.54, 1.807) is 23.1 Å². The van der Waals surface area contributed by atoms with E-state index in [0.717, 1.165) is 5.02 Å². The van der Waals surface area contributed by atoms with Crippen LogP contribution >= 0.6 is 34.7 Å². The largest absolute Gasteiger partial charge is 0.327 e. The molecule has 0 aliphatic rings. The van der Waals surface area contributed by atoms with Crippen molar-refractivity contribution in [3.8, 4) is 0 Å². The minimum Gasteiger partial charge on any atom is -0.327 e. The van der Waals surface area contributed by atoms with Crippen LogP contribution < -0.4 is 5.73 Å². The number of thiophene rings is 1. The van der Waals surface area contributed by atoms with E-state index in [1.807, 2.05) is 24.3 Å². The number of benzene rings is 1. The van der Waals surface area contributed by atoms with E-state index in [-0.39, 0.29) is 6.04 Å². The highest BCUT2D eigenvalue weighted by Gasteiger charge is 2.20. The molecule has 2 aromatic rings. The fourth-order valence-corrected chi connectivity index (χ4v) is 4.29. The van der Waals surface area contributed by atoms with Crippen molar-refractivity contribution in [2.75, 3.05) is 0 Å². The van der Waals surface area contributed by atoms with Crippen molar-refractivity contribution in [2.24, 2.45) is 5.73 Å². The molecule has 0 aliphatic carbocycles. The molecular formula is C14H16ClNS2. The second-order valence-corrected chi connectivity index (χ2v) is 6.92. The number of rotatable bonds is 4. The van der Waals surface area contributed by atoms with E-state index in [2.05, 4.69) is 25.3 Å². The van der Waals surface area contributed by atoms with Gasteiger partial charge in [-0.1, -0.05) is 11.6 Å². The molecule has 18 heavy (non-hydrogen) atoms. The summed E-state index contributed by atoms with van der Waals surface area (Å²) < 4.78 is 0. The second kappa shape index (κ2) is 6.11. The molecule has 1 heterocycles. The van der Waals surface area contributed by atoms with Gasteiger partial charge in [-0.25, -0.2) is 0 Å². The number of halogens is 1. The number of hydrogen-bond acceptors (Lipinski definition) is 3. The van der Waals surface area contributed by atoms with Crippen molar-refractivity contribution < 1.29 is 0 Å². The predicted octanol–water partition coefficient (Wildman–Crippen LogP) is 4.89. The third-order valence-electron chi connectivity index (χ3n) is 2.71. The standard InChI is InChI=1S/C14H16ClNS2/c1-9-7-8-17-13(9)14(10(2)16)18-12-5-3-11(15)4-6-12/h3-8,10,14H,16H2,1-2H3. The molecule has 2 N–H and O–H groups in total. The van der Waals surface area contributed by atoms with Crippen LogP contribution in [0, 0.1) is 6.92 Å². The fraction of sp³-hybridized carbons (Fsp3) is 0.286. The van der Waals surface area contributed by atoms with E-state index in [9.17, 15) is 0 Å². The Morgan fingerprint density at radius 3 is 2.39 bits per heavy atom. The normalized spacial score (nSPS) is 14.4. The Morgan fingerprint density at radius 1 is 1.22 bits per heavy atom. The molecule has 1 nitrogen and oxygen atoms in total. The van der Waals surface area contributed by atoms with Crippen molar-refractivity contribution in [1.82, 2.24) is 0 Å². The lowest BCUT2D eigenvalue weighted by Crippen LogP contribution is -2.22. The van der Waals surface area contributed by atoms with Crippen LogP contribution in [-0.2, 0) is 0 Å². The van der Waals surface area contributed by atoms with Crippen LogP contribution in [0.25, 0.3) is 0 Å². The highest BCUT2D eigenvalue weighted by atomic mass is 35.5. The van der Waals surface area contributed by atoms with Crippen LogP contribution in [0.3, 0.4) is 0 Å². The van der Waals surface area contributed by atoms with Crippen molar-refractivity contribution in [3.05, 3.63) is 51.2 Å². The lowest BCUT2D eigenvalue weighted by Gasteiger charge is -2.20. The highest BCUT2D eigenvalue weighted by molar-refractivity contribution is 7.99. The number of hydrogen-bond donors (Lipinski definition) is 1. The van der Waals surface area contributed by atoms with Gasteiger partial charge in [0, 0.05) is 20.8 Å². The minimum absolute atomic E-state index is 0.114. The highest BCUT2D eigenvalue weighted by Crippen LogP contribution is 2.41. The van der Waals surface area contributed by atoms with Gasteiger partial charge in [-0.2, -0.15) is 0 Å². The lowest BCUT2D eigenvalue weighted by atomic mass is 10.1. The van der Waals surface area contributed by atoms with E-state index >= 15 is 0 Å². The molecule has 0 aliphatic heterocycles. The number of nitrogens with two attached hydrogens (primary N) is 1. The number of aryl methyl sites for hydroxylation is 1. The van der Waals surface area contributed by atoms with Gasteiger partial charge in [-0.3, -0.25) is 0 Å². The molecule has 0 amide bonds. The van der Waals surface area contributed by atoms with Crippen LogP contribution in [0.1, 0.15) is 22.6 Å². The molecule has 2 atom stereocenters. The average molecular weight is 298 g/mol. The van der Waals surface area contributed by atoms with Gasteiger partial charge in [0.25, 0.3) is 0 Å². The minimum atomic E-state index is 0.114. The van der Waals surface area contributed by atoms with Gasteiger partial charge in [0.1, 0.15) is 0 Å². The molecular weight excluding hydrogens is 282 g/mol. The van der Waals surface area contributed by atoms with Crippen LogP contribution in [-0.4, -0.2) is 6.04 Å². The third-order valence-corrected chi connectivity index (χ3v) is 5.68. The summed E-state index contributed by atoms with van der Waals surface area (Å²) in [5.41, 5.74) is 7.46. The van der Waals surface area contributed by atoms with E-state index < -0.39 is 0 Å². The molecule has 2 rings (SSSR count). The second-order valence-electron chi connectivity index (χ2n) is 4.32. The molecule has 4 heteroatoms. The van der Waals surface area contributed by atoms with Gasteiger partial charge in [0.2, 0.25) is 0 Å². The van der Waals surface area contributed by atoms with E-state index in [4.69, 9.17) is 17.3 Å². The summed E-state index contributed by atoms with van der Waals surface area (Å²) in [5.74, 6) is 0. The Hall–Kier alpha value is -0.480. The van der Waals surface area contributed by atoms with Gasteiger partial charge in [-0.05, 0) is 55.1 Å². The third kappa shape index (κ3) is 3.29. The Bertz CT molecular complexity index is 505. The van der Waals surface area contributed by atoms with E-state index in [1.165, 1.54) is 15.3 Å². The topological polar surface area (TPSA) is 26.0 Å². The summed E-state index contributed by atoms with van der Waals surface area (Å²) in [6, 6.07) is 10.2. The zero-order chi connectivity index (χ0) is 13.1. The van der Waals surface area contributed by atoms with Gasteiger partial charge >= 0.3 is 0 Å². The molecule has 96 valence electrons. The maximum atomic E-state index is 6.13. The molecule has 0 saturated carbocycles. The quantitative estimate of drug-likeness (QED) is 0.813. The first-order valence-corrected chi connectivity index (χ1v) is 7.93. The van der Waals surface area contributed by atoms with Crippen molar-refractivity contribution >= 4 is 34.7 Å². The van der Waals surface area contributed by atoms with Crippen molar-refractivity contribution in [1.29, 1.82) is 0 Å². The van der Waals surface area contributed by atoms with Crippen LogP contribution in [0.15, 0.2) is 40.6 Å². The zero-order valence-electron chi connectivity index (χ0n) is 10.4. The van der Waals surface area contributed by atoms with Gasteiger partial charge in [0.05, 0.1) is 5.25 Å². The average Bonchev–Trinajstić information content (AvgIpc) is 2.74. The maximum absolute atomic E-state index is 6.13. The van der Waals surface area contributed by atoms with Crippen molar-refractivity contribution in [3.63, 3.8) is 0 Å². The van der Waals surface area contributed by atoms with Gasteiger partial charge in [-0.15, -0.1) is 23.1 Å². The van der Waals surface area contributed by atoms with Crippen LogP contribution in [0.4, 0.5) is 0 Å². The number of thioether (sulfide) groups is 1. The molecule has 0 saturated heterocycles.